The highest BCUT2D eigenvalue weighted by atomic mass is 32.1. The fraction of sp³-hybridized carbons (Fsp3) is 0.222. The van der Waals surface area contributed by atoms with E-state index in [9.17, 15) is 0 Å². The first-order chi connectivity index (χ1) is 5.83. The van der Waals surface area contributed by atoms with Gasteiger partial charge in [-0.25, -0.2) is 4.98 Å². The predicted molar refractivity (Wildman–Crippen MR) is 53.4 cm³/mol. The molecule has 1 aromatic heterocycles. The van der Waals surface area contributed by atoms with Gasteiger partial charge in [0.1, 0.15) is 0 Å². The zero-order valence-electron chi connectivity index (χ0n) is 6.87. The first-order valence-corrected chi connectivity index (χ1v) is 4.81. The lowest BCUT2D eigenvalue weighted by molar-refractivity contribution is 1.15. The van der Waals surface area contributed by atoms with Gasteiger partial charge >= 0.3 is 0 Å². The largest absolute Gasteiger partial charge is 0.398 e. The molecule has 1 aromatic carbocycles. The molecule has 1 heterocycles. The number of thiazole rings is 1. The van der Waals surface area contributed by atoms with E-state index >= 15 is 0 Å². The smallest absolute Gasteiger partial charge is 0.0864 e. The highest BCUT2D eigenvalue weighted by Gasteiger charge is 2.04. The van der Waals surface area contributed by atoms with Crippen LogP contribution in [0.25, 0.3) is 10.2 Å². The van der Waals surface area contributed by atoms with E-state index in [0.717, 1.165) is 17.6 Å². The first-order valence-electron chi connectivity index (χ1n) is 3.93. The number of hydrogen-bond acceptors (Lipinski definition) is 3. The topological polar surface area (TPSA) is 38.9 Å². The van der Waals surface area contributed by atoms with Gasteiger partial charge in [0.25, 0.3) is 0 Å². The SMILES string of the molecule is CCc1c(N)ccc2scnc12. The third kappa shape index (κ3) is 0.975. The Hall–Kier alpha value is -1.09. The fourth-order valence-corrected chi connectivity index (χ4v) is 2.08. The molecular weight excluding hydrogens is 168 g/mol. The number of aryl methyl sites for hydroxylation is 1. The summed E-state index contributed by atoms with van der Waals surface area (Å²) in [6.45, 7) is 2.10. The van der Waals surface area contributed by atoms with Gasteiger partial charge in [-0.15, -0.1) is 11.3 Å². The Bertz CT molecular complexity index is 406. The van der Waals surface area contributed by atoms with Crippen LogP contribution in [-0.2, 0) is 6.42 Å². The predicted octanol–water partition coefficient (Wildman–Crippen LogP) is 2.44. The van der Waals surface area contributed by atoms with Gasteiger partial charge in [-0.3, -0.25) is 0 Å². The molecule has 2 aromatic rings. The molecule has 0 saturated carbocycles. The van der Waals surface area contributed by atoms with Gasteiger partial charge in [-0.05, 0) is 18.6 Å². The number of nitrogens with two attached hydrogens (primary N) is 1. The zero-order chi connectivity index (χ0) is 8.55. The van der Waals surface area contributed by atoms with E-state index in [1.165, 1.54) is 10.3 Å². The molecule has 0 unspecified atom stereocenters. The van der Waals surface area contributed by atoms with Gasteiger partial charge in [-0.2, -0.15) is 0 Å². The summed E-state index contributed by atoms with van der Waals surface area (Å²) >= 11 is 1.66. The minimum atomic E-state index is 0.857. The zero-order valence-corrected chi connectivity index (χ0v) is 7.69. The summed E-state index contributed by atoms with van der Waals surface area (Å²) < 4.78 is 1.22. The number of rotatable bonds is 1. The van der Waals surface area contributed by atoms with Crippen molar-refractivity contribution in [3.05, 3.63) is 23.2 Å². The van der Waals surface area contributed by atoms with E-state index in [-0.39, 0.29) is 0 Å². The van der Waals surface area contributed by atoms with Gasteiger partial charge in [0, 0.05) is 11.3 Å². The third-order valence-electron chi connectivity index (χ3n) is 2.00. The summed E-state index contributed by atoms with van der Waals surface area (Å²) in [7, 11) is 0. The summed E-state index contributed by atoms with van der Waals surface area (Å²) in [4.78, 5) is 4.29. The third-order valence-corrected chi connectivity index (χ3v) is 2.79. The van der Waals surface area contributed by atoms with Crippen molar-refractivity contribution < 1.29 is 0 Å². The maximum atomic E-state index is 5.82. The lowest BCUT2D eigenvalue weighted by Crippen LogP contribution is -1.93. The normalized spacial score (nSPS) is 10.8. The lowest BCUT2D eigenvalue weighted by atomic mass is 10.1. The van der Waals surface area contributed by atoms with Crippen molar-refractivity contribution in [2.45, 2.75) is 13.3 Å². The Morgan fingerprint density at radius 2 is 2.33 bits per heavy atom. The maximum Gasteiger partial charge on any atom is 0.0864 e. The molecule has 2 rings (SSSR count). The summed E-state index contributed by atoms with van der Waals surface area (Å²) in [5, 5.41) is 0. The standard InChI is InChI=1S/C9H10N2S/c1-2-6-7(10)3-4-8-9(6)11-5-12-8/h3-5H,2,10H2,1H3. The molecule has 62 valence electrons. The lowest BCUT2D eigenvalue weighted by Gasteiger charge is -2.01. The monoisotopic (exact) mass is 178 g/mol. The first kappa shape index (κ1) is 7.55. The van der Waals surface area contributed by atoms with Gasteiger partial charge in [-0.1, -0.05) is 6.92 Å². The quantitative estimate of drug-likeness (QED) is 0.681. The summed E-state index contributed by atoms with van der Waals surface area (Å²) in [5.74, 6) is 0. The number of nitrogens with zero attached hydrogens (tertiary/aromatic N) is 1. The molecule has 12 heavy (non-hydrogen) atoms. The number of anilines is 1. The van der Waals surface area contributed by atoms with Crippen LogP contribution in [0.5, 0.6) is 0 Å². The van der Waals surface area contributed by atoms with E-state index in [2.05, 4.69) is 11.9 Å². The number of hydrogen-bond donors (Lipinski definition) is 1. The van der Waals surface area contributed by atoms with Gasteiger partial charge < -0.3 is 5.73 Å². The van der Waals surface area contributed by atoms with E-state index in [1.54, 1.807) is 11.3 Å². The van der Waals surface area contributed by atoms with E-state index in [4.69, 9.17) is 5.73 Å². The Morgan fingerprint density at radius 3 is 3.08 bits per heavy atom. The molecule has 3 heteroatoms. The van der Waals surface area contributed by atoms with Gasteiger partial charge in [0.05, 0.1) is 15.7 Å². The molecule has 0 spiro atoms. The molecule has 0 fully saturated rings. The summed E-state index contributed by atoms with van der Waals surface area (Å²) in [5.41, 5.74) is 10.8. The molecule has 0 bridgehead atoms. The van der Waals surface area contributed by atoms with Crippen LogP contribution in [0.2, 0.25) is 0 Å². The average Bonchev–Trinajstić information content (AvgIpc) is 2.52. The van der Waals surface area contributed by atoms with Crippen molar-refractivity contribution in [1.82, 2.24) is 4.98 Å². The van der Waals surface area contributed by atoms with Crippen molar-refractivity contribution >= 4 is 27.2 Å². The molecule has 2 N–H and O–H groups in total. The second kappa shape index (κ2) is 2.75. The molecule has 2 nitrogen and oxygen atoms in total. The minimum absolute atomic E-state index is 0.857. The number of fused-ring (bicyclic) bond motifs is 1. The van der Waals surface area contributed by atoms with Crippen molar-refractivity contribution in [3.63, 3.8) is 0 Å². The van der Waals surface area contributed by atoms with E-state index < -0.39 is 0 Å². The van der Waals surface area contributed by atoms with E-state index in [0.29, 0.717) is 0 Å². The Kier molecular flexibility index (Phi) is 1.73. The molecule has 0 saturated heterocycles. The van der Waals surface area contributed by atoms with Crippen LogP contribution in [0.15, 0.2) is 17.6 Å². The van der Waals surface area contributed by atoms with Crippen LogP contribution in [0.3, 0.4) is 0 Å². The summed E-state index contributed by atoms with van der Waals surface area (Å²) in [6, 6.07) is 3.99. The molecule has 0 atom stereocenters. The van der Waals surface area contributed by atoms with Crippen LogP contribution >= 0.6 is 11.3 Å². The van der Waals surface area contributed by atoms with Crippen LogP contribution < -0.4 is 5.73 Å². The van der Waals surface area contributed by atoms with Crippen molar-refractivity contribution in [1.29, 1.82) is 0 Å². The Labute approximate surface area is 75.0 Å². The number of nitrogen functional groups attached to an aromatic ring is 1. The fourth-order valence-electron chi connectivity index (χ4n) is 1.37. The van der Waals surface area contributed by atoms with Crippen molar-refractivity contribution in [2.75, 3.05) is 5.73 Å². The highest BCUT2D eigenvalue weighted by molar-refractivity contribution is 7.16. The molecule has 0 amide bonds. The summed E-state index contributed by atoms with van der Waals surface area (Å²) in [6.07, 6.45) is 0.951. The molecule has 0 aliphatic heterocycles. The second-order valence-corrected chi connectivity index (χ2v) is 3.57. The van der Waals surface area contributed by atoms with Gasteiger partial charge in [0.15, 0.2) is 0 Å². The van der Waals surface area contributed by atoms with Crippen molar-refractivity contribution in [2.24, 2.45) is 0 Å². The van der Waals surface area contributed by atoms with Crippen LogP contribution in [0, 0.1) is 0 Å². The molecule has 0 aliphatic carbocycles. The molecule has 0 radical (unpaired) electrons. The second-order valence-electron chi connectivity index (χ2n) is 2.69. The van der Waals surface area contributed by atoms with Crippen molar-refractivity contribution in [3.8, 4) is 0 Å². The van der Waals surface area contributed by atoms with Crippen LogP contribution in [0.1, 0.15) is 12.5 Å². The maximum absolute atomic E-state index is 5.82. The van der Waals surface area contributed by atoms with Crippen LogP contribution in [-0.4, -0.2) is 4.98 Å². The molecular formula is C9H10N2S. The van der Waals surface area contributed by atoms with Crippen LogP contribution in [0.4, 0.5) is 5.69 Å². The Balaban J connectivity index is 2.83. The Morgan fingerprint density at radius 1 is 1.50 bits per heavy atom. The minimum Gasteiger partial charge on any atom is -0.398 e. The molecule has 0 aliphatic rings. The number of aromatic nitrogens is 1. The van der Waals surface area contributed by atoms with Gasteiger partial charge in [0.2, 0.25) is 0 Å². The average molecular weight is 178 g/mol. The number of benzene rings is 1. The highest BCUT2D eigenvalue weighted by Crippen LogP contribution is 2.26. The van der Waals surface area contributed by atoms with E-state index in [1.807, 2.05) is 17.6 Å².